The quantitative estimate of drug-likeness (QED) is 0.465. The number of hydrogen-bond donors (Lipinski definition) is 1. The van der Waals surface area contributed by atoms with Gasteiger partial charge in [-0.15, -0.1) is 0 Å². The van der Waals surface area contributed by atoms with E-state index in [0.717, 1.165) is 19.4 Å². The van der Waals surface area contributed by atoms with E-state index < -0.39 is 0 Å². The summed E-state index contributed by atoms with van der Waals surface area (Å²) >= 11 is 0. The van der Waals surface area contributed by atoms with Gasteiger partial charge in [-0.3, -0.25) is 10.6 Å². The van der Waals surface area contributed by atoms with E-state index in [0.29, 0.717) is 0 Å². The SMILES string of the molecule is CC.COC(=O)C1CCCN1N. The van der Waals surface area contributed by atoms with Crippen molar-refractivity contribution in [1.82, 2.24) is 5.01 Å². The molecule has 0 aromatic carbocycles. The molecule has 72 valence electrons. The fraction of sp³-hybridized carbons (Fsp3) is 0.875. The van der Waals surface area contributed by atoms with E-state index in [1.165, 1.54) is 12.1 Å². The van der Waals surface area contributed by atoms with E-state index in [1.54, 1.807) is 0 Å². The van der Waals surface area contributed by atoms with Crippen molar-refractivity contribution in [3.8, 4) is 0 Å². The lowest BCUT2D eigenvalue weighted by Crippen LogP contribution is -2.41. The fourth-order valence-corrected chi connectivity index (χ4v) is 1.18. The van der Waals surface area contributed by atoms with Crippen molar-refractivity contribution in [2.24, 2.45) is 5.84 Å². The van der Waals surface area contributed by atoms with Crippen LogP contribution < -0.4 is 5.84 Å². The Kier molecular flexibility index (Phi) is 5.66. The highest BCUT2D eigenvalue weighted by molar-refractivity contribution is 5.75. The molecule has 4 heteroatoms. The molecule has 0 saturated carbocycles. The highest BCUT2D eigenvalue weighted by atomic mass is 16.5. The maximum absolute atomic E-state index is 10.9. The van der Waals surface area contributed by atoms with Crippen LogP contribution in [0.15, 0.2) is 0 Å². The van der Waals surface area contributed by atoms with Gasteiger partial charge >= 0.3 is 5.97 Å². The van der Waals surface area contributed by atoms with Gasteiger partial charge in [-0.05, 0) is 12.8 Å². The third kappa shape index (κ3) is 2.79. The number of nitrogens with two attached hydrogens (primary N) is 1. The second-order valence-corrected chi connectivity index (χ2v) is 2.42. The molecule has 0 aromatic heterocycles. The summed E-state index contributed by atoms with van der Waals surface area (Å²) in [5.74, 6) is 5.27. The number of esters is 1. The molecular weight excluding hydrogens is 156 g/mol. The van der Waals surface area contributed by atoms with Crippen LogP contribution in [0.5, 0.6) is 0 Å². The molecule has 1 fully saturated rings. The fourth-order valence-electron chi connectivity index (χ4n) is 1.18. The number of hydrazine groups is 1. The standard InChI is InChI=1S/C6H12N2O2.C2H6/c1-10-6(9)5-3-2-4-8(5)7;1-2/h5H,2-4,7H2,1H3;1-2H3. The molecule has 0 bridgehead atoms. The van der Waals surface area contributed by atoms with Crippen molar-refractivity contribution in [2.75, 3.05) is 13.7 Å². The Hall–Kier alpha value is -0.610. The lowest BCUT2D eigenvalue weighted by molar-refractivity contribution is -0.145. The number of carbonyl (C=O) groups excluding carboxylic acids is 1. The molecule has 12 heavy (non-hydrogen) atoms. The van der Waals surface area contributed by atoms with Gasteiger partial charge in [0.1, 0.15) is 6.04 Å². The lowest BCUT2D eigenvalue weighted by Gasteiger charge is -2.15. The Morgan fingerprint density at radius 2 is 2.17 bits per heavy atom. The molecule has 0 aromatic rings. The largest absolute Gasteiger partial charge is 0.468 e. The van der Waals surface area contributed by atoms with Crippen LogP contribution in [-0.2, 0) is 9.53 Å². The first-order valence-electron chi connectivity index (χ1n) is 4.35. The molecule has 0 amide bonds. The molecule has 1 saturated heterocycles. The molecule has 1 atom stereocenters. The summed E-state index contributed by atoms with van der Waals surface area (Å²) in [4.78, 5) is 10.9. The van der Waals surface area contributed by atoms with Crippen molar-refractivity contribution >= 4 is 5.97 Å². The van der Waals surface area contributed by atoms with Crippen LogP contribution in [0.25, 0.3) is 0 Å². The predicted molar refractivity (Wildman–Crippen MR) is 47.3 cm³/mol. The van der Waals surface area contributed by atoms with Crippen LogP contribution in [-0.4, -0.2) is 30.7 Å². The van der Waals surface area contributed by atoms with Crippen LogP contribution in [0.1, 0.15) is 26.7 Å². The van der Waals surface area contributed by atoms with Crippen LogP contribution in [0.2, 0.25) is 0 Å². The number of hydrogen-bond acceptors (Lipinski definition) is 4. The molecule has 1 aliphatic heterocycles. The van der Waals surface area contributed by atoms with E-state index >= 15 is 0 Å². The Balaban J connectivity index is 0.000000561. The Morgan fingerprint density at radius 3 is 2.50 bits per heavy atom. The monoisotopic (exact) mass is 174 g/mol. The highest BCUT2D eigenvalue weighted by Gasteiger charge is 2.28. The number of rotatable bonds is 1. The zero-order chi connectivity index (χ0) is 9.56. The van der Waals surface area contributed by atoms with Crippen molar-refractivity contribution in [2.45, 2.75) is 32.7 Å². The van der Waals surface area contributed by atoms with E-state index in [4.69, 9.17) is 5.84 Å². The van der Waals surface area contributed by atoms with Gasteiger partial charge in [-0.25, -0.2) is 5.01 Å². The van der Waals surface area contributed by atoms with Gasteiger partial charge in [0.05, 0.1) is 7.11 Å². The summed E-state index contributed by atoms with van der Waals surface area (Å²) in [7, 11) is 1.38. The van der Waals surface area contributed by atoms with Gasteiger partial charge in [-0.1, -0.05) is 13.8 Å². The van der Waals surface area contributed by atoms with Gasteiger partial charge in [0.25, 0.3) is 0 Å². The van der Waals surface area contributed by atoms with Crippen molar-refractivity contribution in [3.63, 3.8) is 0 Å². The summed E-state index contributed by atoms with van der Waals surface area (Å²) in [6.45, 7) is 4.79. The molecule has 0 radical (unpaired) electrons. The minimum atomic E-state index is -0.222. The summed E-state index contributed by atoms with van der Waals surface area (Å²) in [6.07, 6.45) is 1.81. The minimum Gasteiger partial charge on any atom is -0.468 e. The molecule has 0 spiro atoms. The first kappa shape index (κ1) is 11.4. The topological polar surface area (TPSA) is 55.6 Å². The molecule has 1 unspecified atom stereocenters. The molecule has 1 heterocycles. The van der Waals surface area contributed by atoms with Crippen LogP contribution in [0, 0.1) is 0 Å². The second kappa shape index (κ2) is 5.97. The molecule has 0 aliphatic carbocycles. The predicted octanol–water partition coefficient (Wildman–Crippen LogP) is 0.524. The first-order chi connectivity index (χ1) is 5.75. The van der Waals surface area contributed by atoms with Crippen molar-refractivity contribution in [3.05, 3.63) is 0 Å². The first-order valence-corrected chi connectivity index (χ1v) is 4.35. The summed E-state index contributed by atoms with van der Waals surface area (Å²) in [6, 6.07) is -0.204. The lowest BCUT2D eigenvalue weighted by atomic mass is 10.2. The third-order valence-electron chi connectivity index (χ3n) is 1.77. The normalized spacial score (nSPS) is 22.8. The van der Waals surface area contributed by atoms with Crippen molar-refractivity contribution in [1.29, 1.82) is 0 Å². The van der Waals surface area contributed by atoms with Crippen LogP contribution in [0.4, 0.5) is 0 Å². The maximum Gasteiger partial charge on any atom is 0.324 e. The van der Waals surface area contributed by atoms with Gasteiger partial charge in [0.15, 0.2) is 0 Å². The van der Waals surface area contributed by atoms with Gasteiger partial charge < -0.3 is 4.74 Å². The Bertz CT molecular complexity index is 139. The molecule has 1 rings (SSSR count). The van der Waals surface area contributed by atoms with E-state index in [1.807, 2.05) is 13.8 Å². The third-order valence-corrected chi connectivity index (χ3v) is 1.77. The molecule has 1 aliphatic rings. The van der Waals surface area contributed by atoms with Crippen LogP contribution >= 0.6 is 0 Å². The maximum atomic E-state index is 10.9. The summed E-state index contributed by atoms with van der Waals surface area (Å²) in [5, 5.41) is 1.53. The molecular formula is C8H18N2O2. The average Bonchev–Trinajstić information content (AvgIpc) is 2.54. The second-order valence-electron chi connectivity index (χ2n) is 2.42. The van der Waals surface area contributed by atoms with Crippen molar-refractivity contribution < 1.29 is 9.53 Å². The summed E-state index contributed by atoms with van der Waals surface area (Å²) < 4.78 is 4.54. The number of nitrogens with zero attached hydrogens (tertiary/aromatic N) is 1. The van der Waals surface area contributed by atoms with Gasteiger partial charge in [0.2, 0.25) is 0 Å². The smallest absolute Gasteiger partial charge is 0.324 e. The summed E-state index contributed by atoms with van der Waals surface area (Å²) in [5.41, 5.74) is 0. The van der Waals surface area contributed by atoms with Gasteiger partial charge in [0, 0.05) is 6.54 Å². The average molecular weight is 174 g/mol. The Morgan fingerprint density at radius 1 is 1.58 bits per heavy atom. The van der Waals surface area contributed by atoms with E-state index in [9.17, 15) is 4.79 Å². The number of methoxy groups -OCH3 is 1. The highest BCUT2D eigenvalue weighted by Crippen LogP contribution is 2.13. The number of carbonyl (C=O) groups is 1. The van der Waals surface area contributed by atoms with Gasteiger partial charge in [-0.2, -0.15) is 0 Å². The van der Waals surface area contributed by atoms with E-state index in [2.05, 4.69) is 4.74 Å². The number of ether oxygens (including phenoxy) is 1. The Labute approximate surface area is 73.6 Å². The zero-order valence-corrected chi connectivity index (χ0v) is 8.04. The molecule has 2 N–H and O–H groups in total. The van der Waals surface area contributed by atoms with Crippen LogP contribution in [0.3, 0.4) is 0 Å². The molecule has 4 nitrogen and oxygen atoms in total. The van der Waals surface area contributed by atoms with E-state index in [-0.39, 0.29) is 12.0 Å². The zero-order valence-electron chi connectivity index (χ0n) is 8.04. The minimum absolute atomic E-state index is 0.204.